The minimum Gasteiger partial charge on any atom is -0.348 e. The molecule has 1 atom stereocenters. The van der Waals surface area contributed by atoms with E-state index in [1.807, 2.05) is 20.8 Å². The number of carbonyl (C=O) groups is 1. The van der Waals surface area contributed by atoms with Gasteiger partial charge in [-0.1, -0.05) is 25.6 Å². The molecule has 0 aliphatic carbocycles. The van der Waals surface area contributed by atoms with E-state index in [2.05, 4.69) is 13.8 Å². The Hall–Kier alpha value is -1.34. The van der Waals surface area contributed by atoms with E-state index in [9.17, 15) is 9.59 Å². The van der Waals surface area contributed by atoms with Gasteiger partial charge in [0.1, 0.15) is 4.83 Å². The van der Waals surface area contributed by atoms with Gasteiger partial charge in [0.25, 0.3) is 5.56 Å². The number of thioether (sulfide) groups is 1. The summed E-state index contributed by atoms with van der Waals surface area (Å²) >= 11 is 2.90. The maximum absolute atomic E-state index is 13.0. The molecule has 2 rings (SSSR count). The molecule has 5 nitrogen and oxygen atoms in total. The van der Waals surface area contributed by atoms with Gasteiger partial charge in [0.15, 0.2) is 5.16 Å². The molecule has 0 unspecified atom stereocenters. The molecule has 0 radical (unpaired) electrons. The van der Waals surface area contributed by atoms with Crippen molar-refractivity contribution >= 4 is 39.2 Å². The number of hydrogen-bond acceptors (Lipinski definition) is 5. The van der Waals surface area contributed by atoms with E-state index in [4.69, 9.17) is 4.98 Å². The van der Waals surface area contributed by atoms with Gasteiger partial charge in [-0.2, -0.15) is 0 Å². The number of fused-ring (bicyclic) bond motifs is 1. The Morgan fingerprint density at radius 2 is 1.92 bits per heavy atom. The third kappa shape index (κ3) is 3.67. The second-order valence-electron chi connectivity index (χ2n) is 6.66. The Morgan fingerprint density at radius 3 is 2.46 bits per heavy atom. The summed E-state index contributed by atoms with van der Waals surface area (Å²) in [4.78, 5) is 33.4. The van der Waals surface area contributed by atoms with E-state index in [1.54, 1.807) is 34.9 Å². The molecule has 2 aromatic heterocycles. The van der Waals surface area contributed by atoms with E-state index in [0.717, 1.165) is 15.3 Å². The molecule has 0 N–H and O–H groups in total. The molecule has 0 aliphatic rings. The molecule has 0 aliphatic heterocycles. The van der Waals surface area contributed by atoms with Crippen LogP contribution in [-0.4, -0.2) is 39.7 Å². The van der Waals surface area contributed by atoms with Gasteiger partial charge in [-0.3, -0.25) is 14.2 Å². The summed E-state index contributed by atoms with van der Waals surface area (Å²) in [6, 6.07) is 0. The number of thiophene rings is 1. The first-order chi connectivity index (χ1) is 11.1. The maximum atomic E-state index is 13.0. The van der Waals surface area contributed by atoms with Crippen molar-refractivity contribution in [3.05, 3.63) is 20.8 Å². The highest BCUT2D eigenvalue weighted by atomic mass is 32.2. The van der Waals surface area contributed by atoms with E-state index >= 15 is 0 Å². The van der Waals surface area contributed by atoms with E-state index in [0.29, 0.717) is 23.0 Å². The van der Waals surface area contributed by atoms with Crippen LogP contribution in [0.2, 0.25) is 0 Å². The summed E-state index contributed by atoms with van der Waals surface area (Å²) in [7, 11) is 3.48. The predicted molar refractivity (Wildman–Crippen MR) is 102 cm³/mol. The molecule has 0 bridgehead atoms. The molecule has 0 saturated carbocycles. The fourth-order valence-corrected chi connectivity index (χ4v) is 4.63. The summed E-state index contributed by atoms with van der Waals surface area (Å²) in [5.74, 6) is 0.338. The summed E-state index contributed by atoms with van der Waals surface area (Å²) in [5.41, 5.74) is 1.02. The number of aryl methyl sites for hydroxylation is 2. The lowest BCUT2D eigenvalue weighted by atomic mass is 10.2. The predicted octanol–water partition coefficient (Wildman–Crippen LogP) is 3.30. The molecular weight excluding hydrogens is 342 g/mol. The molecule has 2 aromatic rings. The number of amides is 1. The molecule has 2 heterocycles. The lowest BCUT2D eigenvalue weighted by Gasteiger charge is -2.19. The van der Waals surface area contributed by atoms with Crippen molar-refractivity contribution in [2.45, 2.75) is 51.6 Å². The Labute approximate surface area is 151 Å². The third-order valence-electron chi connectivity index (χ3n) is 3.87. The van der Waals surface area contributed by atoms with Gasteiger partial charge in [0, 0.05) is 25.5 Å². The van der Waals surface area contributed by atoms with Gasteiger partial charge in [-0.05, 0) is 32.3 Å². The van der Waals surface area contributed by atoms with Crippen LogP contribution in [0.1, 0.15) is 31.2 Å². The zero-order valence-electron chi connectivity index (χ0n) is 15.3. The lowest BCUT2D eigenvalue weighted by molar-refractivity contribution is -0.127. The Balaban J connectivity index is 2.59. The number of hydrogen-bond donors (Lipinski definition) is 0. The second-order valence-corrected chi connectivity index (χ2v) is 9.17. The van der Waals surface area contributed by atoms with Gasteiger partial charge in [-0.15, -0.1) is 11.3 Å². The topological polar surface area (TPSA) is 55.2 Å². The van der Waals surface area contributed by atoms with Crippen molar-refractivity contribution in [1.82, 2.24) is 14.5 Å². The number of nitrogens with zero attached hydrogens (tertiary/aromatic N) is 3. The van der Waals surface area contributed by atoms with E-state index in [1.165, 1.54) is 11.8 Å². The molecule has 1 amide bonds. The van der Waals surface area contributed by atoms with Crippen LogP contribution in [0.15, 0.2) is 9.95 Å². The minimum absolute atomic E-state index is 0.00236. The fraction of sp³-hybridized carbons (Fsp3) is 0.588. The average molecular weight is 368 g/mol. The Bertz CT molecular complexity index is 821. The van der Waals surface area contributed by atoms with Crippen LogP contribution in [0.4, 0.5) is 0 Å². The highest BCUT2D eigenvalue weighted by Gasteiger charge is 2.22. The largest absolute Gasteiger partial charge is 0.348 e. The number of carbonyl (C=O) groups excluding carboxylic acids is 1. The molecule has 0 spiro atoms. The normalized spacial score (nSPS) is 12.8. The van der Waals surface area contributed by atoms with Crippen molar-refractivity contribution in [3.8, 4) is 0 Å². The molecule has 0 aromatic carbocycles. The Kier molecular flexibility index (Phi) is 5.75. The second kappa shape index (κ2) is 7.27. The van der Waals surface area contributed by atoms with E-state index < -0.39 is 0 Å². The summed E-state index contributed by atoms with van der Waals surface area (Å²) in [6.45, 7) is 10.6. The minimum atomic E-state index is -0.287. The average Bonchev–Trinajstić information content (AvgIpc) is 2.76. The highest BCUT2D eigenvalue weighted by molar-refractivity contribution is 8.00. The summed E-state index contributed by atoms with van der Waals surface area (Å²) < 4.78 is 1.73. The first-order valence-electron chi connectivity index (χ1n) is 8.01. The third-order valence-corrected chi connectivity index (χ3v) is 6.05. The van der Waals surface area contributed by atoms with Crippen molar-refractivity contribution in [2.24, 2.45) is 5.92 Å². The zero-order valence-corrected chi connectivity index (χ0v) is 17.0. The van der Waals surface area contributed by atoms with Gasteiger partial charge < -0.3 is 4.90 Å². The van der Waals surface area contributed by atoms with Gasteiger partial charge in [0.05, 0.1) is 10.6 Å². The zero-order chi connectivity index (χ0) is 18.2. The molecular formula is C17H25N3O2S2. The van der Waals surface area contributed by atoms with Crippen molar-refractivity contribution in [1.29, 1.82) is 0 Å². The van der Waals surface area contributed by atoms with Gasteiger partial charge in [-0.25, -0.2) is 4.98 Å². The van der Waals surface area contributed by atoms with Gasteiger partial charge >= 0.3 is 0 Å². The molecule has 0 saturated heterocycles. The summed E-state index contributed by atoms with van der Waals surface area (Å²) in [5, 5.41) is 1.06. The van der Waals surface area contributed by atoms with Crippen molar-refractivity contribution < 1.29 is 4.79 Å². The van der Waals surface area contributed by atoms with Crippen LogP contribution in [0.5, 0.6) is 0 Å². The highest BCUT2D eigenvalue weighted by Crippen LogP contribution is 2.30. The van der Waals surface area contributed by atoms with Crippen molar-refractivity contribution in [3.63, 3.8) is 0 Å². The molecule has 24 heavy (non-hydrogen) atoms. The lowest BCUT2D eigenvalue weighted by Crippen LogP contribution is -2.31. The van der Waals surface area contributed by atoms with Crippen LogP contribution in [0.3, 0.4) is 0 Å². The molecule has 7 heteroatoms. The SMILES string of the molecule is Cc1sc2nc(S[C@@H](C)C(=O)N(C)C)n(CC(C)C)c(=O)c2c1C. The monoisotopic (exact) mass is 367 g/mol. The number of rotatable bonds is 5. The van der Waals surface area contributed by atoms with E-state index in [-0.39, 0.29) is 16.7 Å². The molecule has 0 fully saturated rings. The number of aromatic nitrogens is 2. The summed E-state index contributed by atoms with van der Waals surface area (Å²) in [6.07, 6.45) is 0. The smallest absolute Gasteiger partial charge is 0.263 e. The molecule has 132 valence electrons. The fourth-order valence-electron chi connectivity index (χ4n) is 2.50. The van der Waals surface area contributed by atoms with Gasteiger partial charge in [0.2, 0.25) is 5.91 Å². The Morgan fingerprint density at radius 1 is 1.29 bits per heavy atom. The first kappa shape index (κ1) is 19.0. The van der Waals surface area contributed by atoms with Crippen LogP contribution >= 0.6 is 23.1 Å². The van der Waals surface area contributed by atoms with Crippen LogP contribution < -0.4 is 5.56 Å². The quantitative estimate of drug-likeness (QED) is 0.601. The standard InChI is InChI=1S/C17H25N3O2S2/c1-9(2)8-20-16(22)13-10(3)11(4)23-14(13)18-17(20)24-12(5)15(21)19(6)7/h9,12H,8H2,1-7H3/t12-/m0/s1. The maximum Gasteiger partial charge on any atom is 0.263 e. The van der Waals surface area contributed by atoms with Crippen molar-refractivity contribution in [2.75, 3.05) is 14.1 Å². The van der Waals surface area contributed by atoms with Crippen LogP contribution in [0.25, 0.3) is 10.2 Å². The van der Waals surface area contributed by atoms with Crippen LogP contribution in [0, 0.1) is 19.8 Å². The first-order valence-corrected chi connectivity index (χ1v) is 9.71. The van der Waals surface area contributed by atoms with Crippen LogP contribution in [-0.2, 0) is 11.3 Å².